The van der Waals surface area contributed by atoms with Crippen LogP contribution in [0.1, 0.15) is 0 Å². The number of phosphoric acid groups is 1. The summed E-state index contributed by atoms with van der Waals surface area (Å²) in [6.45, 7) is 0. The molecule has 0 atom stereocenters. The molecular weight excluding hydrogens is 229 g/mol. The molecule has 9 heavy (non-hydrogen) atoms. The van der Waals surface area contributed by atoms with Crippen molar-refractivity contribution in [2.24, 2.45) is 0 Å². The molecule has 0 aromatic rings. The van der Waals surface area contributed by atoms with Crippen molar-refractivity contribution < 1.29 is 61.3 Å². The summed E-state index contributed by atoms with van der Waals surface area (Å²) in [6.07, 6.45) is 0. The van der Waals surface area contributed by atoms with Crippen molar-refractivity contribution in [2.75, 3.05) is 0 Å². The fourth-order valence-corrected chi connectivity index (χ4v) is 0. The van der Waals surface area contributed by atoms with Gasteiger partial charge in [0.25, 0.3) is 0 Å². The van der Waals surface area contributed by atoms with Gasteiger partial charge in [0, 0.05) is 0 Å². The molecule has 0 aliphatic rings. The number of hydrogen-bond acceptors (Lipinski definition) is 3. The van der Waals surface area contributed by atoms with E-state index < -0.39 is 7.82 Å². The molecule has 6 nitrogen and oxygen atoms in total. The van der Waals surface area contributed by atoms with Gasteiger partial charge in [0.15, 0.2) is 0 Å². The third-order valence-electron chi connectivity index (χ3n) is 0. The Labute approximate surface area is 69.3 Å². The Bertz CT molecular complexity index is 74.8. The monoisotopic (exact) mass is 232 g/mol. The van der Waals surface area contributed by atoms with Crippen molar-refractivity contribution in [2.45, 2.75) is 0 Å². The molecule has 0 amide bonds. The predicted molar refractivity (Wildman–Crippen MR) is 15.6 cm³/mol. The quantitative estimate of drug-likeness (QED) is 0.453. The van der Waals surface area contributed by atoms with Crippen LogP contribution in [0.15, 0.2) is 0 Å². The molecule has 0 heterocycles. The first-order chi connectivity index (χ1) is 4.00. The summed E-state index contributed by atoms with van der Waals surface area (Å²) in [5.74, 6) is 0. The average molecular weight is 232 g/mol. The molecule has 0 radical (unpaired) electrons. The molecule has 0 rings (SSSR count). The Morgan fingerprint density at radius 3 is 0.889 bits per heavy atom. The number of rotatable bonds is 0. The Morgan fingerprint density at radius 1 is 0.889 bits per heavy atom. The van der Waals surface area contributed by atoms with E-state index in [0.29, 0.717) is 0 Å². The molecule has 0 aromatic carbocycles. The van der Waals surface area contributed by atoms with E-state index in [1.165, 1.54) is 0 Å². The first kappa shape index (κ1) is 16.5. The molecule has 0 saturated heterocycles. The molecule has 54 valence electrons. The standard InChI is InChI=1S/H3O4P.2O.2V/c1-5(2,3)4;;;;/h(H3,1,2,3,4);;;;. The molecular formula is H3O6PV2. The second-order valence-corrected chi connectivity index (χ2v) is 1.54. The molecule has 3 N–H and O–H groups in total. The maximum atomic E-state index is 8.88. The van der Waals surface area contributed by atoms with Crippen LogP contribution in [-0.2, 0) is 46.7 Å². The van der Waals surface area contributed by atoms with Crippen LogP contribution in [-0.4, -0.2) is 14.7 Å². The topological polar surface area (TPSA) is 112 Å². The van der Waals surface area contributed by atoms with Crippen molar-refractivity contribution in [1.82, 2.24) is 0 Å². The fraction of sp³-hybridized carbons (Fsp3) is 0. The van der Waals surface area contributed by atoms with Gasteiger partial charge in [0.2, 0.25) is 0 Å². The molecule has 9 heteroatoms. The van der Waals surface area contributed by atoms with Gasteiger partial charge in [-0.25, -0.2) is 4.57 Å². The summed E-state index contributed by atoms with van der Waals surface area (Å²) in [5, 5.41) is 0. The summed E-state index contributed by atoms with van der Waals surface area (Å²) >= 11 is 2.12. The molecule has 0 unspecified atom stereocenters. The summed E-state index contributed by atoms with van der Waals surface area (Å²) in [6, 6.07) is 0. The van der Waals surface area contributed by atoms with Gasteiger partial charge in [-0.2, -0.15) is 0 Å². The van der Waals surface area contributed by atoms with Crippen molar-refractivity contribution in [3.05, 3.63) is 0 Å². The summed E-state index contributed by atoms with van der Waals surface area (Å²) in [4.78, 5) is 21.6. The van der Waals surface area contributed by atoms with Gasteiger partial charge in [-0.05, 0) is 0 Å². The van der Waals surface area contributed by atoms with E-state index in [2.05, 4.69) is 0 Å². The SMILES string of the molecule is O=P(O)(O)O.[O]=[V].[O]=[V]. The first-order valence-corrected chi connectivity index (χ1v) is 3.85. The van der Waals surface area contributed by atoms with Gasteiger partial charge in [-0.3, -0.25) is 0 Å². The minimum absolute atomic E-state index is 1.06. The van der Waals surface area contributed by atoms with Crippen LogP contribution >= 0.6 is 7.82 Å². The van der Waals surface area contributed by atoms with E-state index in [0.717, 1.165) is 34.7 Å². The van der Waals surface area contributed by atoms with E-state index >= 15 is 0 Å². The maximum absolute atomic E-state index is 8.88. The number of hydrogen-bond donors (Lipinski definition) is 3. The Morgan fingerprint density at radius 2 is 0.889 bits per heavy atom. The van der Waals surface area contributed by atoms with Crippen LogP contribution in [0, 0.1) is 0 Å². The van der Waals surface area contributed by atoms with Gasteiger partial charge in [0.1, 0.15) is 0 Å². The van der Waals surface area contributed by atoms with Crippen molar-refractivity contribution >= 4 is 7.82 Å². The van der Waals surface area contributed by atoms with Crippen LogP contribution in [0.5, 0.6) is 0 Å². The summed E-state index contributed by atoms with van der Waals surface area (Å²) < 4.78 is 25.3. The van der Waals surface area contributed by atoms with Gasteiger partial charge in [-0.1, -0.05) is 0 Å². The molecule has 0 aromatic heterocycles. The molecule has 0 saturated carbocycles. The van der Waals surface area contributed by atoms with Crippen LogP contribution in [0.25, 0.3) is 0 Å². The molecule has 0 bridgehead atoms. The van der Waals surface area contributed by atoms with Crippen molar-refractivity contribution in [1.29, 1.82) is 0 Å². The van der Waals surface area contributed by atoms with Crippen LogP contribution in [0.2, 0.25) is 0 Å². The third-order valence-corrected chi connectivity index (χ3v) is 0. The molecule has 0 fully saturated rings. The first-order valence-electron chi connectivity index (χ1n) is 1.15. The molecule has 0 spiro atoms. The zero-order valence-corrected chi connectivity index (χ0v) is 7.60. The van der Waals surface area contributed by atoms with Gasteiger partial charge in [-0.15, -0.1) is 0 Å². The Kier molecular flexibility index (Phi) is 21.3. The summed E-state index contributed by atoms with van der Waals surface area (Å²) in [5.41, 5.74) is 0. The third kappa shape index (κ3) is 544. The predicted octanol–water partition coefficient (Wildman–Crippen LogP) is -1.17. The summed E-state index contributed by atoms with van der Waals surface area (Å²) in [7, 11) is -4.64. The fourth-order valence-electron chi connectivity index (χ4n) is 0. The Hall–Kier alpha value is 0.879. The zero-order valence-electron chi connectivity index (χ0n) is 3.91. The Balaban J connectivity index is -0.0000000771. The van der Waals surface area contributed by atoms with E-state index in [-0.39, 0.29) is 0 Å². The molecule has 0 aliphatic carbocycles. The van der Waals surface area contributed by atoms with Gasteiger partial charge < -0.3 is 14.7 Å². The normalized spacial score (nSPS) is 7.22. The van der Waals surface area contributed by atoms with Crippen molar-refractivity contribution in [3.63, 3.8) is 0 Å². The van der Waals surface area contributed by atoms with E-state index in [1.807, 2.05) is 0 Å². The zero-order chi connectivity index (χ0) is 8.50. The average Bonchev–Trinajstić information content (AvgIpc) is 1.72. The molecule has 0 aliphatic heterocycles. The van der Waals surface area contributed by atoms with Crippen LogP contribution in [0.4, 0.5) is 0 Å². The van der Waals surface area contributed by atoms with E-state index in [9.17, 15) is 0 Å². The van der Waals surface area contributed by atoms with Gasteiger partial charge in [0.05, 0.1) is 0 Å². The van der Waals surface area contributed by atoms with E-state index in [1.54, 1.807) is 0 Å². The minimum atomic E-state index is -4.64. The second kappa shape index (κ2) is 11.6. The van der Waals surface area contributed by atoms with Crippen LogP contribution < -0.4 is 0 Å². The van der Waals surface area contributed by atoms with Crippen LogP contribution in [0.3, 0.4) is 0 Å². The second-order valence-electron chi connectivity index (χ2n) is 0.513. The van der Waals surface area contributed by atoms with E-state index in [4.69, 9.17) is 26.6 Å². The van der Waals surface area contributed by atoms with Crippen molar-refractivity contribution in [3.8, 4) is 0 Å². The van der Waals surface area contributed by atoms with Gasteiger partial charge >= 0.3 is 49.9 Å².